The topological polar surface area (TPSA) is 103 Å². The molecule has 0 aliphatic carbocycles. The molecule has 0 saturated carbocycles. The third-order valence-electron chi connectivity index (χ3n) is 4.31. The van der Waals surface area contributed by atoms with Crippen LogP contribution in [0.5, 0.6) is 11.5 Å². The van der Waals surface area contributed by atoms with Gasteiger partial charge in [0.25, 0.3) is 11.8 Å². The molecule has 0 bridgehead atoms. The Labute approximate surface area is 181 Å². The molecule has 2 N–H and O–H groups in total. The minimum atomic E-state index is -1.02. The Balaban J connectivity index is 1.75. The van der Waals surface area contributed by atoms with Crippen LogP contribution in [0.1, 0.15) is 37.0 Å². The van der Waals surface area contributed by atoms with E-state index in [4.69, 9.17) is 14.2 Å². The summed E-state index contributed by atoms with van der Waals surface area (Å²) in [6.07, 6.45) is 0.977. The van der Waals surface area contributed by atoms with Gasteiger partial charge in [-0.15, -0.1) is 0 Å². The fourth-order valence-corrected chi connectivity index (χ4v) is 2.50. The van der Waals surface area contributed by atoms with Crippen LogP contribution in [0.2, 0.25) is 0 Å². The van der Waals surface area contributed by atoms with Crippen LogP contribution in [0.3, 0.4) is 0 Å². The van der Waals surface area contributed by atoms with E-state index in [0.29, 0.717) is 29.4 Å². The zero-order chi connectivity index (χ0) is 22.6. The van der Waals surface area contributed by atoms with Crippen molar-refractivity contribution in [2.75, 3.05) is 25.6 Å². The van der Waals surface area contributed by atoms with Gasteiger partial charge in [0.1, 0.15) is 18.0 Å². The van der Waals surface area contributed by atoms with Crippen LogP contribution in [0.25, 0.3) is 0 Å². The molecule has 0 saturated heterocycles. The number of anilines is 1. The van der Waals surface area contributed by atoms with E-state index >= 15 is 0 Å². The molecule has 8 nitrogen and oxygen atoms in total. The lowest BCUT2D eigenvalue weighted by molar-refractivity contribution is -0.152. The van der Waals surface area contributed by atoms with E-state index in [0.717, 1.165) is 12.8 Å². The second-order valence-electron chi connectivity index (χ2n) is 6.76. The number of rotatable bonds is 11. The number of benzene rings is 2. The van der Waals surface area contributed by atoms with Crippen LogP contribution >= 0.6 is 0 Å². The van der Waals surface area contributed by atoms with Gasteiger partial charge in [-0.05, 0) is 61.9 Å². The molecule has 0 heterocycles. The highest BCUT2D eigenvalue weighted by molar-refractivity contribution is 5.97. The second-order valence-corrected chi connectivity index (χ2v) is 6.76. The molecule has 2 amide bonds. The van der Waals surface area contributed by atoms with Crippen LogP contribution < -0.4 is 20.1 Å². The summed E-state index contributed by atoms with van der Waals surface area (Å²) in [4.78, 5) is 36.3. The third-order valence-corrected chi connectivity index (χ3v) is 4.31. The van der Waals surface area contributed by atoms with E-state index in [9.17, 15) is 14.4 Å². The number of hydrogen-bond acceptors (Lipinski definition) is 6. The quantitative estimate of drug-likeness (QED) is 0.421. The number of methoxy groups -OCH3 is 1. The summed E-state index contributed by atoms with van der Waals surface area (Å²) in [6, 6.07) is 13.4. The Bertz CT molecular complexity index is 865. The van der Waals surface area contributed by atoms with E-state index in [1.807, 2.05) is 0 Å². The van der Waals surface area contributed by atoms with Gasteiger partial charge in [-0.3, -0.25) is 14.4 Å². The average molecular weight is 428 g/mol. The minimum Gasteiger partial charge on any atom is -0.497 e. The molecule has 1 atom stereocenters. The Morgan fingerprint density at radius 1 is 0.968 bits per heavy atom. The number of esters is 1. The molecule has 0 radical (unpaired) electrons. The summed E-state index contributed by atoms with van der Waals surface area (Å²) in [5.74, 6) is -0.283. The lowest BCUT2D eigenvalue weighted by Gasteiger charge is -2.14. The first kappa shape index (κ1) is 23.7. The van der Waals surface area contributed by atoms with E-state index in [-0.39, 0.29) is 6.54 Å². The van der Waals surface area contributed by atoms with Crippen molar-refractivity contribution in [2.45, 2.75) is 32.8 Å². The molecule has 2 aromatic rings. The van der Waals surface area contributed by atoms with Crippen LogP contribution in [0, 0.1) is 0 Å². The molecule has 2 rings (SSSR count). The summed E-state index contributed by atoms with van der Waals surface area (Å²) >= 11 is 0. The zero-order valence-corrected chi connectivity index (χ0v) is 18.0. The van der Waals surface area contributed by atoms with Gasteiger partial charge in [0.15, 0.2) is 6.10 Å². The van der Waals surface area contributed by atoms with Gasteiger partial charge in [0.05, 0.1) is 13.7 Å². The second kappa shape index (κ2) is 12.2. The van der Waals surface area contributed by atoms with Crippen molar-refractivity contribution in [1.82, 2.24) is 5.32 Å². The molecule has 31 heavy (non-hydrogen) atoms. The van der Waals surface area contributed by atoms with Crippen molar-refractivity contribution in [1.29, 1.82) is 0 Å². The summed E-state index contributed by atoms with van der Waals surface area (Å²) in [5, 5.41) is 5.12. The van der Waals surface area contributed by atoms with Gasteiger partial charge in [0, 0.05) is 11.3 Å². The molecule has 0 aliphatic heterocycles. The first-order valence-electron chi connectivity index (χ1n) is 10.1. The standard InChI is InChI=1S/C23H28N2O6/c1-4-5-14-30-20-10-6-17(7-11-20)23(28)24-15-21(26)31-16(2)22(27)25-18-8-12-19(29-3)13-9-18/h6-13,16H,4-5,14-15H2,1-3H3,(H,24,28)(H,25,27). The number of carbonyl (C=O) groups is 3. The van der Waals surface area contributed by atoms with Gasteiger partial charge in [0.2, 0.25) is 0 Å². The fourth-order valence-electron chi connectivity index (χ4n) is 2.50. The van der Waals surface area contributed by atoms with Gasteiger partial charge < -0.3 is 24.8 Å². The highest BCUT2D eigenvalue weighted by Gasteiger charge is 2.18. The first-order valence-corrected chi connectivity index (χ1v) is 10.1. The van der Waals surface area contributed by atoms with E-state index in [1.165, 1.54) is 6.92 Å². The minimum absolute atomic E-state index is 0.353. The number of hydrogen-bond donors (Lipinski definition) is 2. The van der Waals surface area contributed by atoms with Crippen LogP contribution in [0.15, 0.2) is 48.5 Å². The van der Waals surface area contributed by atoms with Crippen molar-refractivity contribution < 1.29 is 28.6 Å². The summed E-state index contributed by atoms with van der Waals surface area (Å²) in [7, 11) is 1.55. The number of amides is 2. The third kappa shape index (κ3) is 8.00. The Hall–Kier alpha value is -3.55. The predicted molar refractivity (Wildman–Crippen MR) is 116 cm³/mol. The van der Waals surface area contributed by atoms with Crippen molar-refractivity contribution in [3.05, 3.63) is 54.1 Å². The molecule has 0 spiro atoms. The first-order chi connectivity index (χ1) is 14.9. The largest absolute Gasteiger partial charge is 0.497 e. The monoisotopic (exact) mass is 428 g/mol. The molecule has 1 unspecified atom stereocenters. The summed E-state index contributed by atoms with van der Waals surface area (Å²) < 4.78 is 15.7. The maximum absolute atomic E-state index is 12.2. The van der Waals surface area contributed by atoms with E-state index in [1.54, 1.807) is 55.6 Å². The molecule has 0 aromatic heterocycles. The number of nitrogens with one attached hydrogen (secondary N) is 2. The number of unbranched alkanes of at least 4 members (excludes halogenated alkanes) is 1. The molecule has 2 aromatic carbocycles. The Morgan fingerprint density at radius 2 is 1.61 bits per heavy atom. The van der Waals surface area contributed by atoms with Crippen LogP contribution in [-0.4, -0.2) is 44.1 Å². The highest BCUT2D eigenvalue weighted by Crippen LogP contribution is 2.15. The average Bonchev–Trinajstić information content (AvgIpc) is 2.78. The molecule has 166 valence electrons. The van der Waals surface area contributed by atoms with Gasteiger partial charge >= 0.3 is 5.97 Å². The van der Waals surface area contributed by atoms with E-state index in [2.05, 4.69) is 17.6 Å². The zero-order valence-electron chi connectivity index (χ0n) is 18.0. The summed E-state index contributed by atoms with van der Waals surface area (Å²) in [5.41, 5.74) is 0.935. The molecule has 0 aliphatic rings. The molecular formula is C23H28N2O6. The maximum atomic E-state index is 12.2. The lowest BCUT2D eigenvalue weighted by Crippen LogP contribution is -2.35. The Morgan fingerprint density at radius 3 is 2.23 bits per heavy atom. The molecule has 0 fully saturated rings. The predicted octanol–water partition coefficient (Wildman–Crippen LogP) is 3.17. The van der Waals surface area contributed by atoms with Crippen molar-refractivity contribution in [2.24, 2.45) is 0 Å². The summed E-state index contributed by atoms with van der Waals surface area (Å²) in [6.45, 7) is 3.80. The number of carbonyl (C=O) groups excluding carboxylic acids is 3. The smallest absolute Gasteiger partial charge is 0.326 e. The normalized spacial score (nSPS) is 11.2. The molecule has 8 heteroatoms. The maximum Gasteiger partial charge on any atom is 0.326 e. The molecular weight excluding hydrogens is 400 g/mol. The SMILES string of the molecule is CCCCOc1ccc(C(=O)NCC(=O)OC(C)C(=O)Nc2ccc(OC)cc2)cc1. The van der Waals surface area contributed by atoms with Crippen LogP contribution in [-0.2, 0) is 14.3 Å². The Kier molecular flexibility index (Phi) is 9.35. The van der Waals surface area contributed by atoms with Crippen LogP contribution in [0.4, 0.5) is 5.69 Å². The van der Waals surface area contributed by atoms with E-state index < -0.39 is 23.9 Å². The van der Waals surface area contributed by atoms with Crippen molar-refractivity contribution in [3.8, 4) is 11.5 Å². The van der Waals surface area contributed by atoms with Gasteiger partial charge in [-0.1, -0.05) is 13.3 Å². The highest BCUT2D eigenvalue weighted by atomic mass is 16.5. The fraction of sp³-hybridized carbons (Fsp3) is 0.348. The van der Waals surface area contributed by atoms with Gasteiger partial charge in [-0.25, -0.2) is 0 Å². The van der Waals surface area contributed by atoms with Crippen molar-refractivity contribution in [3.63, 3.8) is 0 Å². The van der Waals surface area contributed by atoms with Crippen molar-refractivity contribution >= 4 is 23.5 Å². The number of ether oxygens (including phenoxy) is 3. The lowest BCUT2D eigenvalue weighted by atomic mass is 10.2. The van der Waals surface area contributed by atoms with Gasteiger partial charge in [-0.2, -0.15) is 0 Å².